The zero-order chi connectivity index (χ0) is 14.2. The number of aromatic nitrogens is 2. The van der Waals surface area contributed by atoms with Gasteiger partial charge < -0.3 is 9.80 Å². The first kappa shape index (κ1) is 14.3. The predicted octanol–water partition coefficient (Wildman–Crippen LogP) is 2.83. The first-order valence-electron chi connectivity index (χ1n) is 7.00. The van der Waals surface area contributed by atoms with Gasteiger partial charge in [-0.3, -0.25) is 4.98 Å². The van der Waals surface area contributed by atoms with Gasteiger partial charge in [0.2, 0.25) is 0 Å². The third-order valence-corrected chi connectivity index (χ3v) is 3.24. The highest BCUT2D eigenvalue weighted by Gasteiger charge is 2.10. The minimum Gasteiger partial charge on any atom is -0.371 e. The van der Waals surface area contributed by atoms with Crippen molar-refractivity contribution in [3.8, 4) is 0 Å². The molecule has 0 spiro atoms. The van der Waals surface area contributed by atoms with Gasteiger partial charge in [0.1, 0.15) is 5.82 Å². The van der Waals surface area contributed by atoms with Gasteiger partial charge in [-0.25, -0.2) is 4.98 Å². The Morgan fingerprint density at radius 3 is 2.15 bits per heavy atom. The van der Waals surface area contributed by atoms with E-state index in [0.29, 0.717) is 0 Å². The van der Waals surface area contributed by atoms with Gasteiger partial charge in [-0.1, -0.05) is 6.07 Å². The van der Waals surface area contributed by atoms with Crippen LogP contribution < -0.4 is 9.80 Å². The van der Waals surface area contributed by atoms with E-state index in [4.69, 9.17) is 0 Å². The highest BCUT2D eigenvalue weighted by atomic mass is 15.1. The van der Waals surface area contributed by atoms with E-state index in [9.17, 15) is 0 Å². The number of anilines is 2. The molecule has 0 N–H and O–H groups in total. The summed E-state index contributed by atoms with van der Waals surface area (Å²) in [7, 11) is 3.95. The number of nitrogens with zero attached hydrogens (tertiary/aromatic N) is 4. The Labute approximate surface area is 121 Å². The zero-order valence-corrected chi connectivity index (χ0v) is 12.2. The molecule has 106 valence electrons. The highest BCUT2D eigenvalue weighted by Crippen LogP contribution is 2.17. The van der Waals surface area contributed by atoms with Crippen LogP contribution in [0.3, 0.4) is 0 Å². The summed E-state index contributed by atoms with van der Waals surface area (Å²) in [4.78, 5) is 12.5. The molecule has 0 bridgehead atoms. The summed E-state index contributed by atoms with van der Waals surface area (Å²) in [5.41, 5.74) is 1.32. The first-order valence-corrected chi connectivity index (χ1v) is 7.00. The second-order valence-electron chi connectivity index (χ2n) is 4.98. The topological polar surface area (TPSA) is 32.3 Å². The van der Waals surface area contributed by atoms with Gasteiger partial charge in [0.05, 0.1) is 0 Å². The SMILES string of the molecule is CN(C)c1ccccn1.c1cc(N2CCCC2)ccn1. The minimum absolute atomic E-state index is 0.998. The lowest BCUT2D eigenvalue weighted by molar-refractivity contribution is 0.949. The molecule has 0 amide bonds. The van der Waals surface area contributed by atoms with Crippen molar-refractivity contribution >= 4 is 11.5 Å². The van der Waals surface area contributed by atoms with E-state index >= 15 is 0 Å². The van der Waals surface area contributed by atoms with Crippen molar-refractivity contribution in [1.82, 2.24) is 9.97 Å². The van der Waals surface area contributed by atoms with Crippen LogP contribution >= 0.6 is 0 Å². The first-order chi connectivity index (χ1) is 9.77. The fourth-order valence-corrected chi connectivity index (χ4v) is 2.15. The molecule has 1 saturated heterocycles. The Bertz CT molecular complexity index is 478. The fourth-order valence-electron chi connectivity index (χ4n) is 2.15. The normalized spacial score (nSPS) is 13.6. The molecule has 0 aromatic carbocycles. The standard InChI is InChI=1S/C9H12N2.C7H10N2/c1-2-8-11(7-1)9-3-5-10-6-4-9;1-9(2)7-5-3-4-6-8-7/h3-6H,1-2,7-8H2;3-6H,1-2H3. The van der Waals surface area contributed by atoms with Crippen molar-refractivity contribution in [2.75, 3.05) is 37.0 Å². The lowest BCUT2D eigenvalue weighted by Crippen LogP contribution is -2.17. The largest absolute Gasteiger partial charge is 0.371 e. The maximum absolute atomic E-state index is 4.10. The van der Waals surface area contributed by atoms with Crippen LogP contribution in [0.1, 0.15) is 12.8 Å². The highest BCUT2D eigenvalue weighted by molar-refractivity contribution is 5.45. The van der Waals surface area contributed by atoms with E-state index in [2.05, 4.69) is 27.0 Å². The Balaban J connectivity index is 0.000000151. The molecule has 1 aliphatic heterocycles. The Hall–Kier alpha value is -2.10. The summed E-state index contributed by atoms with van der Waals surface area (Å²) in [5, 5.41) is 0. The van der Waals surface area contributed by atoms with Gasteiger partial charge >= 0.3 is 0 Å². The molecule has 0 radical (unpaired) electrons. The Morgan fingerprint density at radius 1 is 0.950 bits per heavy atom. The van der Waals surface area contributed by atoms with E-state index in [1.54, 1.807) is 6.20 Å². The molecule has 3 heterocycles. The van der Waals surface area contributed by atoms with Crippen LogP contribution in [0, 0.1) is 0 Å². The molecule has 0 unspecified atom stereocenters. The number of hydrogen-bond acceptors (Lipinski definition) is 4. The van der Waals surface area contributed by atoms with Crippen molar-refractivity contribution in [3.05, 3.63) is 48.9 Å². The quantitative estimate of drug-likeness (QED) is 0.840. The molecule has 1 aliphatic rings. The van der Waals surface area contributed by atoms with E-state index in [1.165, 1.54) is 31.6 Å². The van der Waals surface area contributed by atoms with Crippen LogP contribution in [0.2, 0.25) is 0 Å². The van der Waals surface area contributed by atoms with Crippen molar-refractivity contribution in [2.45, 2.75) is 12.8 Å². The lowest BCUT2D eigenvalue weighted by atomic mass is 10.4. The second kappa shape index (κ2) is 7.48. The van der Waals surface area contributed by atoms with Gasteiger partial charge in [-0.2, -0.15) is 0 Å². The zero-order valence-electron chi connectivity index (χ0n) is 12.2. The van der Waals surface area contributed by atoms with Crippen molar-refractivity contribution < 1.29 is 0 Å². The molecular formula is C16H22N4. The second-order valence-corrected chi connectivity index (χ2v) is 4.98. The molecule has 0 saturated carbocycles. The van der Waals surface area contributed by atoms with Crippen molar-refractivity contribution in [2.24, 2.45) is 0 Å². The predicted molar refractivity (Wildman–Crippen MR) is 84.2 cm³/mol. The maximum Gasteiger partial charge on any atom is 0.127 e. The molecule has 2 aromatic rings. The fraction of sp³-hybridized carbons (Fsp3) is 0.375. The summed E-state index contributed by atoms with van der Waals surface area (Å²) < 4.78 is 0. The van der Waals surface area contributed by atoms with E-state index in [0.717, 1.165) is 5.82 Å². The molecular weight excluding hydrogens is 248 g/mol. The number of rotatable bonds is 2. The van der Waals surface area contributed by atoms with Crippen LogP contribution in [0.25, 0.3) is 0 Å². The van der Waals surface area contributed by atoms with E-state index < -0.39 is 0 Å². The third-order valence-electron chi connectivity index (χ3n) is 3.24. The lowest BCUT2D eigenvalue weighted by Gasteiger charge is -2.16. The summed E-state index contributed by atoms with van der Waals surface area (Å²) in [6, 6.07) is 10.0. The van der Waals surface area contributed by atoms with Gasteiger partial charge in [0.15, 0.2) is 0 Å². The van der Waals surface area contributed by atoms with Crippen LogP contribution in [-0.4, -0.2) is 37.2 Å². The molecule has 3 rings (SSSR count). The Morgan fingerprint density at radius 2 is 1.65 bits per heavy atom. The van der Waals surface area contributed by atoms with Crippen molar-refractivity contribution in [1.29, 1.82) is 0 Å². The molecule has 1 fully saturated rings. The van der Waals surface area contributed by atoms with Crippen LogP contribution in [0.5, 0.6) is 0 Å². The van der Waals surface area contributed by atoms with Gasteiger partial charge in [-0.15, -0.1) is 0 Å². The van der Waals surface area contributed by atoms with Crippen LogP contribution in [-0.2, 0) is 0 Å². The smallest absolute Gasteiger partial charge is 0.127 e. The van der Waals surface area contributed by atoms with E-state index in [1.807, 2.05) is 49.6 Å². The third kappa shape index (κ3) is 4.23. The van der Waals surface area contributed by atoms with Crippen LogP contribution in [0.4, 0.5) is 11.5 Å². The summed E-state index contributed by atoms with van der Waals surface area (Å²) in [6.07, 6.45) is 8.17. The minimum atomic E-state index is 0.998. The number of pyridine rings is 2. The summed E-state index contributed by atoms with van der Waals surface area (Å²) in [6.45, 7) is 2.42. The van der Waals surface area contributed by atoms with Crippen molar-refractivity contribution in [3.63, 3.8) is 0 Å². The average molecular weight is 270 g/mol. The van der Waals surface area contributed by atoms with Gasteiger partial charge in [-0.05, 0) is 37.1 Å². The molecule has 0 atom stereocenters. The monoisotopic (exact) mass is 270 g/mol. The average Bonchev–Trinajstić information content (AvgIpc) is 3.04. The van der Waals surface area contributed by atoms with Gasteiger partial charge in [0.25, 0.3) is 0 Å². The molecule has 4 heteroatoms. The number of hydrogen-bond donors (Lipinski definition) is 0. The van der Waals surface area contributed by atoms with Gasteiger partial charge in [0, 0.05) is 51.5 Å². The molecule has 2 aromatic heterocycles. The summed E-state index contributed by atoms with van der Waals surface area (Å²) in [5.74, 6) is 0.998. The van der Waals surface area contributed by atoms with E-state index in [-0.39, 0.29) is 0 Å². The molecule has 4 nitrogen and oxygen atoms in total. The Kier molecular flexibility index (Phi) is 5.35. The molecule has 0 aliphatic carbocycles. The summed E-state index contributed by atoms with van der Waals surface area (Å²) >= 11 is 0. The molecule has 20 heavy (non-hydrogen) atoms. The van der Waals surface area contributed by atoms with Crippen LogP contribution in [0.15, 0.2) is 48.9 Å². The maximum atomic E-state index is 4.10.